The topological polar surface area (TPSA) is 12.5 Å². The molecule has 2 aromatic rings. The molecule has 2 atom stereocenters. The van der Waals surface area contributed by atoms with Gasteiger partial charge in [-0.2, -0.15) is 0 Å². The molecule has 0 spiro atoms. The molecule has 0 amide bonds. The van der Waals surface area contributed by atoms with Crippen molar-refractivity contribution in [1.82, 2.24) is 4.90 Å². The van der Waals surface area contributed by atoms with Crippen LogP contribution in [0.3, 0.4) is 0 Å². The monoisotopic (exact) mass is 335 g/mol. The largest absolute Gasteiger partial charge is 0.484 e. The van der Waals surface area contributed by atoms with Crippen LogP contribution < -0.4 is 4.74 Å². The molecule has 2 nitrogen and oxygen atoms in total. The number of hydrogen-bond donors (Lipinski definition) is 0. The van der Waals surface area contributed by atoms with E-state index in [9.17, 15) is 0 Å². The van der Waals surface area contributed by atoms with Gasteiger partial charge in [0.05, 0.1) is 6.04 Å². The van der Waals surface area contributed by atoms with E-state index in [1.165, 1.54) is 0 Å². The summed E-state index contributed by atoms with van der Waals surface area (Å²) in [6.45, 7) is 2.06. The first-order chi connectivity index (χ1) is 10.5. The van der Waals surface area contributed by atoms with Crippen molar-refractivity contribution in [2.24, 2.45) is 0 Å². The van der Waals surface area contributed by atoms with E-state index in [0.29, 0.717) is 5.02 Å². The molecule has 0 fully saturated rings. The normalized spacial score (nSPS) is 20.3. The van der Waals surface area contributed by atoms with Gasteiger partial charge in [0.15, 0.2) is 0 Å². The molecule has 0 aliphatic heterocycles. The summed E-state index contributed by atoms with van der Waals surface area (Å²) >= 11 is 12.6. The van der Waals surface area contributed by atoms with Crippen LogP contribution in [0.4, 0.5) is 0 Å². The van der Waals surface area contributed by atoms with Gasteiger partial charge in [-0.1, -0.05) is 41.4 Å². The van der Waals surface area contributed by atoms with E-state index in [2.05, 4.69) is 32.0 Å². The molecule has 1 unspecified atom stereocenters. The highest BCUT2D eigenvalue weighted by molar-refractivity contribution is 6.35. The minimum atomic E-state index is -0.0673. The first-order valence-electron chi connectivity index (χ1n) is 7.34. The summed E-state index contributed by atoms with van der Waals surface area (Å²) in [5, 5.41) is 1.38. The molecular formula is C18H19Cl2NO. The molecule has 0 aromatic heterocycles. The Morgan fingerprint density at radius 3 is 2.55 bits per heavy atom. The Labute approximate surface area is 141 Å². The predicted molar refractivity (Wildman–Crippen MR) is 92.2 cm³/mol. The van der Waals surface area contributed by atoms with Crippen molar-refractivity contribution in [3.8, 4) is 5.75 Å². The quantitative estimate of drug-likeness (QED) is 0.790. The van der Waals surface area contributed by atoms with E-state index in [-0.39, 0.29) is 12.1 Å². The molecule has 0 bridgehead atoms. The maximum Gasteiger partial charge on any atom is 0.140 e. The maximum absolute atomic E-state index is 6.39. The van der Waals surface area contributed by atoms with Crippen LogP contribution in [0.5, 0.6) is 5.75 Å². The van der Waals surface area contributed by atoms with Crippen LogP contribution in [0.2, 0.25) is 10.0 Å². The lowest BCUT2D eigenvalue weighted by Gasteiger charge is -2.28. The van der Waals surface area contributed by atoms with Crippen LogP contribution in [-0.2, 0) is 6.42 Å². The van der Waals surface area contributed by atoms with Crippen molar-refractivity contribution in [2.45, 2.75) is 25.5 Å². The number of ether oxygens (including phenoxy) is 1. The van der Waals surface area contributed by atoms with Crippen LogP contribution in [0.25, 0.3) is 0 Å². The molecular weight excluding hydrogens is 317 g/mol. The van der Waals surface area contributed by atoms with Crippen molar-refractivity contribution in [3.63, 3.8) is 0 Å². The third kappa shape index (κ3) is 2.83. The van der Waals surface area contributed by atoms with Crippen LogP contribution in [-0.4, -0.2) is 25.0 Å². The zero-order valence-corrected chi connectivity index (χ0v) is 14.4. The Morgan fingerprint density at radius 1 is 1.14 bits per heavy atom. The fourth-order valence-electron chi connectivity index (χ4n) is 3.04. The van der Waals surface area contributed by atoms with E-state index >= 15 is 0 Å². The highest BCUT2D eigenvalue weighted by atomic mass is 35.5. The third-order valence-electron chi connectivity index (χ3n) is 4.27. The Kier molecular flexibility index (Phi) is 4.35. The number of likely N-dealkylation sites (N-methyl/N-ethyl adjacent to an activating group) is 1. The number of benzene rings is 2. The maximum atomic E-state index is 6.39. The van der Waals surface area contributed by atoms with Gasteiger partial charge in [0.2, 0.25) is 0 Å². The molecule has 4 heteroatoms. The van der Waals surface area contributed by atoms with Crippen LogP contribution >= 0.6 is 23.2 Å². The second kappa shape index (κ2) is 6.11. The zero-order valence-electron chi connectivity index (χ0n) is 12.9. The number of hydrogen-bond acceptors (Lipinski definition) is 2. The molecule has 22 heavy (non-hydrogen) atoms. The van der Waals surface area contributed by atoms with E-state index in [4.69, 9.17) is 27.9 Å². The average Bonchev–Trinajstić information content (AvgIpc) is 2.81. The summed E-state index contributed by atoms with van der Waals surface area (Å²) in [5.41, 5.74) is 3.37. The zero-order chi connectivity index (χ0) is 15.9. The van der Waals surface area contributed by atoms with Crippen molar-refractivity contribution in [3.05, 3.63) is 63.1 Å². The Bertz CT molecular complexity index is 699. The molecule has 0 radical (unpaired) electrons. The van der Waals surface area contributed by atoms with E-state index in [1.54, 1.807) is 0 Å². The van der Waals surface area contributed by atoms with Crippen molar-refractivity contribution in [1.29, 1.82) is 0 Å². The average molecular weight is 336 g/mol. The summed E-state index contributed by atoms with van der Waals surface area (Å²) in [6, 6.07) is 12.1. The summed E-state index contributed by atoms with van der Waals surface area (Å²) in [4.78, 5) is 2.19. The minimum Gasteiger partial charge on any atom is -0.484 e. The molecule has 1 aliphatic carbocycles. The van der Waals surface area contributed by atoms with E-state index in [0.717, 1.165) is 33.9 Å². The molecule has 116 valence electrons. The second-order valence-electron chi connectivity index (χ2n) is 5.99. The van der Waals surface area contributed by atoms with Gasteiger partial charge < -0.3 is 9.64 Å². The van der Waals surface area contributed by atoms with Crippen molar-refractivity contribution in [2.75, 3.05) is 14.1 Å². The molecule has 0 saturated carbocycles. The molecule has 1 aliphatic rings. The number of rotatable bonds is 3. The lowest BCUT2D eigenvalue weighted by Crippen LogP contribution is -2.34. The summed E-state index contributed by atoms with van der Waals surface area (Å²) in [6.07, 6.45) is 0.803. The summed E-state index contributed by atoms with van der Waals surface area (Å²) < 4.78 is 6.36. The SMILES string of the molecule is Cc1ccccc1O[C@H]1c2cc(Cl)cc(Cl)c2CC1N(C)C. The lowest BCUT2D eigenvalue weighted by molar-refractivity contribution is 0.110. The van der Waals surface area contributed by atoms with E-state index in [1.807, 2.05) is 30.3 Å². The van der Waals surface area contributed by atoms with Gasteiger partial charge >= 0.3 is 0 Å². The molecule has 0 saturated heterocycles. The van der Waals surface area contributed by atoms with Crippen LogP contribution in [0.15, 0.2) is 36.4 Å². The van der Waals surface area contributed by atoms with Gasteiger partial charge in [0.25, 0.3) is 0 Å². The Morgan fingerprint density at radius 2 is 1.86 bits per heavy atom. The number of para-hydroxylation sites is 1. The molecule has 0 N–H and O–H groups in total. The standard InChI is InChI=1S/C18H19Cl2NO/c1-11-6-4-5-7-17(11)22-18-14-8-12(19)9-15(20)13(14)10-16(18)21(2)3/h4-9,16,18H,10H2,1-3H3/t16?,18-/m0/s1. The van der Waals surface area contributed by atoms with Gasteiger partial charge in [-0.25, -0.2) is 0 Å². The predicted octanol–water partition coefficient (Wildman–Crippen LogP) is 4.91. The van der Waals surface area contributed by atoms with Gasteiger partial charge in [-0.15, -0.1) is 0 Å². The molecule has 2 aromatic carbocycles. The summed E-state index contributed by atoms with van der Waals surface area (Å²) in [5.74, 6) is 0.906. The smallest absolute Gasteiger partial charge is 0.140 e. The Hall–Kier alpha value is -1.22. The van der Waals surface area contributed by atoms with Gasteiger partial charge in [0, 0.05) is 15.6 Å². The lowest BCUT2D eigenvalue weighted by atomic mass is 10.1. The van der Waals surface area contributed by atoms with Crippen LogP contribution in [0, 0.1) is 6.92 Å². The van der Waals surface area contributed by atoms with Gasteiger partial charge in [-0.05, 0) is 56.8 Å². The van der Waals surface area contributed by atoms with Crippen molar-refractivity contribution < 1.29 is 4.74 Å². The van der Waals surface area contributed by atoms with Gasteiger partial charge in [0.1, 0.15) is 11.9 Å². The van der Waals surface area contributed by atoms with E-state index < -0.39 is 0 Å². The number of fused-ring (bicyclic) bond motifs is 1. The fourth-order valence-corrected chi connectivity index (χ4v) is 3.62. The first kappa shape index (κ1) is 15.7. The second-order valence-corrected chi connectivity index (χ2v) is 6.84. The fraction of sp³-hybridized carbons (Fsp3) is 0.333. The highest BCUT2D eigenvalue weighted by Crippen LogP contribution is 2.42. The first-order valence-corrected chi connectivity index (χ1v) is 8.09. The third-order valence-corrected chi connectivity index (χ3v) is 4.83. The number of aryl methyl sites for hydroxylation is 1. The highest BCUT2D eigenvalue weighted by Gasteiger charge is 2.37. The van der Waals surface area contributed by atoms with Crippen LogP contribution in [0.1, 0.15) is 22.8 Å². The van der Waals surface area contributed by atoms with Crippen molar-refractivity contribution >= 4 is 23.2 Å². The number of halogens is 2. The summed E-state index contributed by atoms with van der Waals surface area (Å²) in [7, 11) is 4.14. The number of nitrogens with zero attached hydrogens (tertiary/aromatic N) is 1. The van der Waals surface area contributed by atoms with Gasteiger partial charge in [-0.3, -0.25) is 0 Å². The molecule has 0 heterocycles. The molecule has 3 rings (SSSR count). The minimum absolute atomic E-state index is 0.0673. The Balaban J connectivity index is 2.03.